The summed E-state index contributed by atoms with van der Waals surface area (Å²) < 4.78 is 0. The number of hydrogen-bond donors (Lipinski definition) is 1. The smallest absolute Gasteiger partial charge is 0.223 e. The summed E-state index contributed by atoms with van der Waals surface area (Å²) in [5.41, 5.74) is 0.405. The fraction of sp³-hybridized carbons (Fsp3) is 0.933. The van der Waals surface area contributed by atoms with E-state index < -0.39 is 0 Å². The molecule has 0 spiro atoms. The maximum atomic E-state index is 12.1. The molecule has 1 unspecified atom stereocenters. The summed E-state index contributed by atoms with van der Waals surface area (Å²) in [6.45, 7) is 8.90. The van der Waals surface area contributed by atoms with Crippen molar-refractivity contribution in [2.75, 3.05) is 0 Å². The maximum absolute atomic E-state index is 12.1. The Labute approximate surface area is 107 Å². The molecule has 1 fully saturated rings. The second-order valence-corrected chi connectivity index (χ2v) is 6.36. The summed E-state index contributed by atoms with van der Waals surface area (Å²) in [6, 6.07) is 0.414. The van der Waals surface area contributed by atoms with Crippen molar-refractivity contribution < 1.29 is 4.79 Å². The van der Waals surface area contributed by atoms with Gasteiger partial charge in [-0.25, -0.2) is 0 Å². The summed E-state index contributed by atoms with van der Waals surface area (Å²) in [7, 11) is 0. The minimum Gasteiger partial charge on any atom is -0.353 e. The van der Waals surface area contributed by atoms with E-state index in [-0.39, 0.29) is 11.8 Å². The van der Waals surface area contributed by atoms with E-state index in [0.29, 0.717) is 11.5 Å². The molecule has 1 saturated carbocycles. The van der Waals surface area contributed by atoms with Crippen molar-refractivity contribution in [1.29, 1.82) is 0 Å². The molecule has 1 aliphatic carbocycles. The number of carbonyl (C=O) groups is 1. The Hall–Kier alpha value is -0.530. The van der Waals surface area contributed by atoms with Crippen LogP contribution in [0.3, 0.4) is 0 Å². The van der Waals surface area contributed by atoms with Gasteiger partial charge in [0.05, 0.1) is 0 Å². The molecule has 1 aliphatic rings. The van der Waals surface area contributed by atoms with Crippen LogP contribution in [0, 0.1) is 11.3 Å². The second kappa shape index (κ2) is 6.42. The van der Waals surface area contributed by atoms with E-state index in [9.17, 15) is 4.79 Å². The third-order valence-electron chi connectivity index (χ3n) is 4.05. The summed E-state index contributed by atoms with van der Waals surface area (Å²) in [5, 5.41) is 3.27. The molecule has 0 aromatic rings. The Balaban J connectivity index is 2.44. The predicted octanol–water partition coefficient (Wildman–Crippen LogP) is 3.90. The van der Waals surface area contributed by atoms with Crippen molar-refractivity contribution in [3.8, 4) is 0 Å². The van der Waals surface area contributed by atoms with Crippen LogP contribution >= 0.6 is 0 Å². The maximum Gasteiger partial charge on any atom is 0.223 e. The summed E-state index contributed by atoms with van der Waals surface area (Å²) in [6.07, 6.45) is 7.95. The zero-order chi connectivity index (χ0) is 12.9. The lowest BCUT2D eigenvalue weighted by atomic mass is 9.75. The van der Waals surface area contributed by atoms with Gasteiger partial charge in [0.25, 0.3) is 0 Å². The van der Waals surface area contributed by atoms with Crippen LogP contribution in [0.15, 0.2) is 0 Å². The van der Waals surface area contributed by atoms with Crippen molar-refractivity contribution in [2.24, 2.45) is 11.3 Å². The largest absolute Gasteiger partial charge is 0.353 e. The molecular formula is C15H29NO. The van der Waals surface area contributed by atoms with E-state index in [1.54, 1.807) is 0 Å². The summed E-state index contributed by atoms with van der Waals surface area (Å²) >= 11 is 0. The van der Waals surface area contributed by atoms with Gasteiger partial charge < -0.3 is 5.32 Å². The van der Waals surface area contributed by atoms with Gasteiger partial charge >= 0.3 is 0 Å². The van der Waals surface area contributed by atoms with E-state index in [1.165, 1.54) is 12.8 Å². The summed E-state index contributed by atoms with van der Waals surface area (Å²) in [4.78, 5) is 12.1. The molecule has 0 aromatic carbocycles. The van der Waals surface area contributed by atoms with Crippen molar-refractivity contribution in [3.05, 3.63) is 0 Å². The number of nitrogens with one attached hydrogen (secondary N) is 1. The standard InChI is InChI=1S/C15H29NO/c1-5-8-12(6-2)14(17)16-13-9-7-10-15(3,4)11-13/h12-13H,5-11H2,1-4H3,(H,16,17)/t12?,13-/m1/s1. The quantitative estimate of drug-likeness (QED) is 0.774. The van der Waals surface area contributed by atoms with Gasteiger partial charge in [0.2, 0.25) is 5.91 Å². The molecule has 1 amide bonds. The minimum absolute atomic E-state index is 0.227. The summed E-state index contributed by atoms with van der Waals surface area (Å²) in [5.74, 6) is 0.516. The first-order chi connectivity index (χ1) is 7.98. The Morgan fingerprint density at radius 3 is 2.65 bits per heavy atom. The second-order valence-electron chi connectivity index (χ2n) is 6.36. The van der Waals surface area contributed by atoms with E-state index in [1.807, 2.05) is 0 Å². The topological polar surface area (TPSA) is 29.1 Å². The van der Waals surface area contributed by atoms with Crippen LogP contribution in [0.1, 0.15) is 72.6 Å². The predicted molar refractivity (Wildman–Crippen MR) is 72.9 cm³/mol. The van der Waals surface area contributed by atoms with Gasteiger partial charge in [-0.1, -0.05) is 40.5 Å². The highest BCUT2D eigenvalue weighted by Gasteiger charge is 2.29. The molecule has 2 atom stereocenters. The van der Waals surface area contributed by atoms with Crippen LogP contribution in [0.25, 0.3) is 0 Å². The first-order valence-corrected chi connectivity index (χ1v) is 7.29. The molecule has 17 heavy (non-hydrogen) atoms. The fourth-order valence-electron chi connectivity index (χ4n) is 3.01. The van der Waals surface area contributed by atoms with Gasteiger partial charge in [-0.2, -0.15) is 0 Å². The molecule has 100 valence electrons. The van der Waals surface area contributed by atoms with Crippen LogP contribution in [0.4, 0.5) is 0 Å². The van der Waals surface area contributed by atoms with Gasteiger partial charge in [0.15, 0.2) is 0 Å². The third-order valence-corrected chi connectivity index (χ3v) is 4.05. The van der Waals surface area contributed by atoms with Crippen molar-refractivity contribution in [3.63, 3.8) is 0 Å². The fourth-order valence-corrected chi connectivity index (χ4v) is 3.01. The lowest BCUT2D eigenvalue weighted by molar-refractivity contribution is -0.126. The van der Waals surface area contributed by atoms with E-state index >= 15 is 0 Å². The molecule has 1 rings (SSSR count). The lowest BCUT2D eigenvalue weighted by Crippen LogP contribution is -2.43. The number of hydrogen-bond acceptors (Lipinski definition) is 1. The Kier molecular flexibility index (Phi) is 5.48. The SMILES string of the molecule is CCCC(CC)C(=O)N[C@@H]1CCCC(C)(C)C1. The van der Waals surface area contributed by atoms with Gasteiger partial charge in [-0.05, 0) is 37.5 Å². The van der Waals surface area contributed by atoms with Gasteiger partial charge in [-0.15, -0.1) is 0 Å². The highest BCUT2D eigenvalue weighted by Crippen LogP contribution is 2.35. The molecule has 2 heteroatoms. The minimum atomic E-state index is 0.227. The van der Waals surface area contributed by atoms with Gasteiger partial charge in [0, 0.05) is 12.0 Å². The molecule has 1 N–H and O–H groups in total. The van der Waals surface area contributed by atoms with Crippen molar-refractivity contribution in [1.82, 2.24) is 5.32 Å². The molecule has 0 heterocycles. The molecule has 0 bridgehead atoms. The first-order valence-electron chi connectivity index (χ1n) is 7.29. The number of carbonyl (C=O) groups excluding carboxylic acids is 1. The zero-order valence-corrected chi connectivity index (χ0v) is 12.0. The van der Waals surface area contributed by atoms with E-state index in [4.69, 9.17) is 0 Å². The molecule has 2 nitrogen and oxygen atoms in total. The first kappa shape index (κ1) is 14.5. The zero-order valence-electron chi connectivity index (χ0n) is 12.0. The molecule has 0 radical (unpaired) electrons. The Morgan fingerprint density at radius 1 is 1.41 bits per heavy atom. The Bertz CT molecular complexity index is 247. The average molecular weight is 239 g/mol. The van der Waals surface area contributed by atoms with E-state index in [0.717, 1.165) is 32.1 Å². The highest BCUT2D eigenvalue weighted by atomic mass is 16.1. The Morgan fingerprint density at radius 2 is 2.12 bits per heavy atom. The lowest BCUT2D eigenvalue weighted by Gasteiger charge is -2.36. The van der Waals surface area contributed by atoms with Crippen LogP contribution < -0.4 is 5.32 Å². The normalized spacial score (nSPS) is 25.3. The highest BCUT2D eigenvalue weighted by molar-refractivity contribution is 5.78. The van der Waals surface area contributed by atoms with Crippen molar-refractivity contribution >= 4 is 5.91 Å². The third kappa shape index (κ3) is 4.69. The van der Waals surface area contributed by atoms with Crippen LogP contribution in [0.2, 0.25) is 0 Å². The molecule has 0 aliphatic heterocycles. The molecule has 0 saturated heterocycles. The monoisotopic (exact) mass is 239 g/mol. The van der Waals surface area contributed by atoms with E-state index in [2.05, 4.69) is 33.0 Å². The molecular weight excluding hydrogens is 210 g/mol. The van der Waals surface area contributed by atoms with Crippen molar-refractivity contribution in [2.45, 2.75) is 78.7 Å². The van der Waals surface area contributed by atoms with Gasteiger partial charge in [-0.3, -0.25) is 4.79 Å². The van der Waals surface area contributed by atoms with Crippen LogP contribution in [-0.4, -0.2) is 11.9 Å². The average Bonchev–Trinajstić information content (AvgIpc) is 2.24. The van der Waals surface area contributed by atoms with Crippen LogP contribution in [0.5, 0.6) is 0 Å². The van der Waals surface area contributed by atoms with Crippen LogP contribution in [-0.2, 0) is 4.79 Å². The number of amides is 1. The molecule has 0 aromatic heterocycles. The van der Waals surface area contributed by atoms with Gasteiger partial charge in [0.1, 0.15) is 0 Å². The number of rotatable bonds is 5.